The first-order valence-electron chi connectivity index (χ1n) is 6.12. The molecule has 0 bridgehead atoms. The normalized spacial score (nSPS) is 11.8. The van der Waals surface area contributed by atoms with Crippen LogP contribution in [0.15, 0.2) is 17.0 Å². The molecule has 1 aromatic rings. The summed E-state index contributed by atoms with van der Waals surface area (Å²) in [5, 5.41) is 0.179. The first-order valence-corrected chi connectivity index (χ1v) is 8.36. The van der Waals surface area contributed by atoms with E-state index in [1.54, 1.807) is 7.11 Å². The van der Waals surface area contributed by atoms with Crippen molar-refractivity contribution in [2.75, 3.05) is 26.0 Å². The van der Waals surface area contributed by atoms with E-state index in [1.165, 1.54) is 12.1 Å². The number of nitrogens with two attached hydrogens (primary N) is 1. The molecule has 0 atom stereocenters. The third-order valence-electron chi connectivity index (χ3n) is 2.70. The zero-order valence-electron chi connectivity index (χ0n) is 11.2. The Bertz CT molecular complexity index is 550. The number of nitrogens with one attached hydrogen (secondary N) is 1. The summed E-state index contributed by atoms with van der Waals surface area (Å²) >= 11 is 11.7. The van der Waals surface area contributed by atoms with Crippen molar-refractivity contribution in [3.63, 3.8) is 0 Å². The lowest BCUT2D eigenvalue weighted by Crippen LogP contribution is -2.25. The number of hydrogen-bond acceptors (Lipinski definition) is 4. The van der Waals surface area contributed by atoms with Gasteiger partial charge in [0.05, 0.1) is 15.7 Å². The predicted octanol–water partition coefficient (Wildman–Crippen LogP) is 2.67. The number of rotatable bonds is 8. The van der Waals surface area contributed by atoms with Crippen molar-refractivity contribution in [2.45, 2.75) is 24.2 Å². The Morgan fingerprint density at radius 3 is 2.60 bits per heavy atom. The van der Waals surface area contributed by atoms with Crippen LogP contribution < -0.4 is 10.5 Å². The van der Waals surface area contributed by atoms with Crippen LogP contribution in [0, 0.1) is 0 Å². The minimum Gasteiger partial charge on any atom is -0.396 e. The zero-order chi connectivity index (χ0) is 15.2. The van der Waals surface area contributed by atoms with E-state index in [9.17, 15) is 8.42 Å². The van der Waals surface area contributed by atoms with Crippen molar-refractivity contribution in [2.24, 2.45) is 0 Å². The highest BCUT2D eigenvalue weighted by Gasteiger charge is 2.20. The number of anilines is 1. The lowest BCUT2D eigenvalue weighted by Gasteiger charge is -2.10. The van der Waals surface area contributed by atoms with Gasteiger partial charge in [-0.25, -0.2) is 13.1 Å². The highest BCUT2D eigenvalue weighted by atomic mass is 35.5. The van der Waals surface area contributed by atoms with E-state index >= 15 is 0 Å². The zero-order valence-corrected chi connectivity index (χ0v) is 13.5. The van der Waals surface area contributed by atoms with Gasteiger partial charge >= 0.3 is 0 Å². The van der Waals surface area contributed by atoms with E-state index in [4.69, 9.17) is 33.7 Å². The topological polar surface area (TPSA) is 81.4 Å². The van der Waals surface area contributed by atoms with Gasteiger partial charge in [0.15, 0.2) is 0 Å². The van der Waals surface area contributed by atoms with Gasteiger partial charge < -0.3 is 10.5 Å². The smallest absolute Gasteiger partial charge is 0.242 e. The average molecular weight is 341 g/mol. The number of halogens is 2. The summed E-state index contributed by atoms with van der Waals surface area (Å²) in [6.07, 6.45) is 2.50. The molecule has 20 heavy (non-hydrogen) atoms. The molecule has 0 radical (unpaired) electrons. The van der Waals surface area contributed by atoms with Gasteiger partial charge in [-0.1, -0.05) is 23.2 Å². The second-order valence-electron chi connectivity index (χ2n) is 4.22. The molecular formula is C12H18Cl2N2O3S. The molecule has 0 aliphatic rings. The number of nitrogen functional groups attached to an aromatic ring is 1. The van der Waals surface area contributed by atoms with Crippen molar-refractivity contribution >= 4 is 38.9 Å². The van der Waals surface area contributed by atoms with Crippen LogP contribution in [0.3, 0.4) is 0 Å². The van der Waals surface area contributed by atoms with Gasteiger partial charge in [-0.3, -0.25) is 0 Å². The van der Waals surface area contributed by atoms with E-state index in [2.05, 4.69) is 4.72 Å². The van der Waals surface area contributed by atoms with E-state index < -0.39 is 10.0 Å². The van der Waals surface area contributed by atoms with Crippen LogP contribution in [0.4, 0.5) is 5.69 Å². The third kappa shape index (κ3) is 4.79. The molecule has 0 aliphatic heterocycles. The minimum atomic E-state index is -3.67. The number of benzene rings is 1. The predicted molar refractivity (Wildman–Crippen MR) is 81.8 cm³/mol. The Morgan fingerprint density at radius 1 is 1.25 bits per heavy atom. The quantitative estimate of drug-likeness (QED) is 0.563. The van der Waals surface area contributed by atoms with Crippen LogP contribution in [-0.2, 0) is 14.8 Å². The molecule has 8 heteroatoms. The average Bonchev–Trinajstić information content (AvgIpc) is 2.39. The fraction of sp³-hybridized carbons (Fsp3) is 0.500. The van der Waals surface area contributed by atoms with Crippen LogP contribution in [0.2, 0.25) is 10.0 Å². The molecule has 3 N–H and O–H groups in total. The Kier molecular flexibility index (Phi) is 7.05. The second-order valence-corrected chi connectivity index (χ2v) is 6.74. The summed E-state index contributed by atoms with van der Waals surface area (Å²) in [5.41, 5.74) is 5.69. The van der Waals surface area contributed by atoms with E-state index in [0.717, 1.165) is 19.3 Å². The van der Waals surface area contributed by atoms with Crippen molar-refractivity contribution in [1.29, 1.82) is 0 Å². The summed E-state index contributed by atoms with van der Waals surface area (Å²) in [7, 11) is -2.04. The molecule has 0 saturated heterocycles. The Labute approximate surface area is 129 Å². The standard InChI is InChI=1S/C12H18Cl2N2O3S/c1-19-8-4-2-3-7-16-20(17,18)10-6-5-9(13)12(15)11(10)14/h5-6,16H,2-4,7-8,15H2,1H3. The fourth-order valence-corrected chi connectivity index (χ4v) is 3.43. The molecule has 0 heterocycles. The first kappa shape index (κ1) is 17.5. The number of methoxy groups -OCH3 is 1. The van der Waals surface area contributed by atoms with Crippen LogP contribution in [0.25, 0.3) is 0 Å². The van der Waals surface area contributed by atoms with Crippen LogP contribution in [0.1, 0.15) is 19.3 Å². The summed E-state index contributed by atoms with van der Waals surface area (Å²) in [4.78, 5) is -0.0574. The van der Waals surface area contributed by atoms with Crippen molar-refractivity contribution in [1.82, 2.24) is 4.72 Å². The van der Waals surface area contributed by atoms with Gasteiger partial charge in [0.1, 0.15) is 4.90 Å². The third-order valence-corrected chi connectivity index (χ3v) is 5.05. The number of sulfonamides is 1. The first-order chi connectivity index (χ1) is 9.40. The van der Waals surface area contributed by atoms with Crippen LogP contribution in [-0.4, -0.2) is 28.7 Å². The van der Waals surface area contributed by atoms with Crippen LogP contribution >= 0.6 is 23.2 Å². The molecule has 1 rings (SSSR count). The van der Waals surface area contributed by atoms with Gasteiger partial charge in [0.25, 0.3) is 0 Å². The highest BCUT2D eigenvalue weighted by Crippen LogP contribution is 2.32. The summed E-state index contributed by atoms with van der Waals surface area (Å²) in [5.74, 6) is 0. The number of unbranched alkanes of at least 4 members (excludes halogenated alkanes) is 2. The maximum Gasteiger partial charge on any atom is 0.242 e. The molecule has 1 aromatic carbocycles. The van der Waals surface area contributed by atoms with Crippen LogP contribution in [0.5, 0.6) is 0 Å². The molecule has 0 spiro atoms. The molecule has 5 nitrogen and oxygen atoms in total. The molecule has 0 aromatic heterocycles. The second kappa shape index (κ2) is 8.05. The molecule has 0 unspecified atom stereocenters. The summed E-state index contributed by atoms with van der Waals surface area (Å²) in [6.45, 7) is 1.01. The Hall–Kier alpha value is -0.530. The molecule has 0 amide bonds. The number of ether oxygens (including phenoxy) is 1. The Balaban J connectivity index is 2.63. The molecule has 0 fully saturated rings. The lowest BCUT2D eigenvalue weighted by molar-refractivity contribution is 0.192. The van der Waals surface area contributed by atoms with E-state index in [0.29, 0.717) is 13.2 Å². The fourth-order valence-electron chi connectivity index (χ4n) is 1.59. The highest BCUT2D eigenvalue weighted by molar-refractivity contribution is 7.89. The monoisotopic (exact) mass is 340 g/mol. The van der Waals surface area contributed by atoms with E-state index in [-0.39, 0.29) is 20.6 Å². The summed E-state index contributed by atoms with van der Waals surface area (Å²) < 4.78 is 31.6. The maximum atomic E-state index is 12.1. The number of hydrogen-bond donors (Lipinski definition) is 2. The van der Waals surface area contributed by atoms with Gasteiger partial charge in [-0.2, -0.15) is 0 Å². The largest absolute Gasteiger partial charge is 0.396 e. The maximum absolute atomic E-state index is 12.1. The SMILES string of the molecule is COCCCCCNS(=O)(=O)c1ccc(Cl)c(N)c1Cl. The van der Waals surface area contributed by atoms with Crippen molar-refractivity contribution in [3.8, 4) is 0 Å². The lowest BCUT2D eigenvalue weighted by atomic mass is 10.2. The van der Waals surface area contributed by atoms with Gasteiger partial charge in [-0.05, 0) is 31.4 Å². The molecular weight excluding hydrogens is 323 g/mol. The minimum absolute atomic E-state index is 0.0515. The van der Waals surface area contributed by atoms with Crippen molar-refractivity contribution < 1.29 is 13.2 Å². The molecule has 114 valence electrons. The molecule has 0 saturated carbocycles. The molecule has 0 aliphatic carbocycles. The van der Waals surface area contributed by atoms with Gasteiger partial charge in [-0.15, -0.1) is 0 Å². The van der Waals surface area contributed by atoms with E-state index in [1.807, 2.05) is 0 Å². The summed E-state index contributed by atoms with van der Waals surface area (Å²) in [6, 6.07) is 2.75. The van der Waals surface area contributed by atoms with Gasteiger partial charge in [0.2, 0.25) is 10.0 Å². The van der Waals surface area contributed by atoms with Gasteiger partial charge in [0, 0.05) is 20.3 Å². The van der Waals surface area contributed by atoms with Crippen molar-refractivity contribution in [3.05, 3.63) is 22.2 Å². The Morgan fingerprint density at radius 2 is 1.95 bits per heavy atom.